The highest BCUT2D eigenvalue weighted by atomic mass is 79.9. The number of nitrogens with zero attached hydrogens (tertiary/aromatic N) is 2. The number of aromatic nitrogens is 2. The second-order valence-electron chi connectivity index (χ2n) is 3.25. The molecule has 0 saturated carbocycles. The molecule has 1 aromatic heterocycles. The van der Waals surface area contributed by atoms with Crippen LogP contribution in [0.15, 0.2) is 41.1 Å². The van der Waals surface area contributed by atoms with E-state index in [2.05, 4.69) is 25.9 Å². The molecule has 17 heavy (non-hydrogen) atoms. The lowest BCUT2D eigenvalue weighted by atomic mass is 10.1. The molecule has 0 aliphatic rings. The van der Waals surface area contributed by atoms with E-state index in [0.29, 0.717) is 5.56 Å². The molecule has 0 aliphatic heterocycles. The lowest BCUT2D eigenvalue weighted by Gasteiger charge is -2.04. The number of halogens is 1. The highest BCUT2D eigenvalue weighted by molar-refractivity contribution is 9.10. The molecule has 0 bridgehead atoms. The van der Waals surface area contributed by atoms with E-state index in [9.17, 15) is 4.79 Å². The van der Waals surface area contributed by atoms with Gasteiger partial charge in [0.1, 0.15) is 0 Å². The fourth-order valence-electron chi connectivity index (χ4n) is 1.37. The van der Waals surface area contributed by atoms with Crippen LogP contribution in [0.1, 0.15) is 16.1 Å². The van der Waals surface area contributed by atoms with Crippen molar-refractivity contribution < 1.29 is 9.53 Å². The van der Waals surface area contributed by atoms with Gasteiger partial charge in [-0.15, -0.1) is 0 Å². The Kier molecular flexibility index (Phi) is 3.49. The Morgan fingerprint density at radius 3 is 2.47 bits per heavy atom. The average molecular weight is 293 g/mol. The molecular weight excluding hydrogens is 284 g/mol. The molecule has 2 rings (SSSR count). The van der Waals surface area contributed by atoms with Gasteiger partial charge in [0.15, 0.2) is 5.69 Å². The highest BCUT2D eigenvalue weighted by Gasteiger charge is 2.16. The van der Waals surface area contributed by atoms with Crippen LogP contribution in [-0.4, -0.2) is 22.9 Å². The maximum atomic E-state index is 12.1. The largest absolute Gasteiger partial charge is 0.479 e. The van der Waals surface area contributed by atoms with Gasteiger partial charge in [-0.2, -0.15) is 0 Å². The van der Waals surface area contributed by atoms with E-state index in [1.807, 2.05) is 0 Å². The van der Waals surface area contributed by atoms with Crippen LogP contribution in [0, 0.1) is 0 Å². The second kappa shape index (κ2) is 5.05. The zero-order chi connectivity index (χ0) is 12.3. The first-order valence-corrected chi connectivity index (χ1v) is 5.67. The Labute approximate surface area is 107 Å². The summed E-state index contributed by atoms with van der Waals surface area (Å²) >= 11 is 3.31. The Hall–Kier alpha value is -1.75. The fourth-order valence-corrected chi connectivity index (χ4v) is 1.63. The van der Waals surface area contributed by atoms with Gasteiger partial charge < -0.3 is 4.74 Å². The van der Waals surface area contributed by atoms with E-state index in [4.69, 9.17) is 4.74 Å². The monoisotopic (exact) mass is 292 g/mol. The van der Waals surface area contributed by atoms with E-state index in [1.54, 1.807) is 24.3 Å². The van der Waals surface area contributed by atoms with Crippen molar-refractivity contribution in [3.05, 3.63) is 52.4 Å². The van der Waals surface area contributed by atoms with Gasteiger partial charge >= 0.3 is 0 Å². The third kappa shape index (κ3) is 2.50. The van der Waals surface area contributed by atoms with Crippen molar-refractivity contribution in [2.75, 3.05) is 7.11 Å². The van der Waals surface area contributed by atoms with Crippen molar-refractivity contribution in [3.8, 4) is 5.88 Å². The van der Waals surface area contributed by atoms with Crippen molar-refractivity contribution in [2.45, 2.75) is 0 Å². The van der Waals surface area contributed by atoms with Gasteiger partial charge in [-0.1, -0.05) is 15.9 Å². The van der Waals surface area contributed by atoms with E-state index < -0.39 is 0 Å². The summed E-state index contributed by atoms with van der Waals surface area (Å²) < 4.78 is 5.92. The van der Waals surface area contributed by atoms with Crippen LogP contribution in [0.3, 0.4) is 0 Å². The fraction of sp³-hybridized carbons (Fsp3) is 0.0833. The summed E-state index contributed by atoms with van der Waals surface area (Å²) in [4.78, 5) is 20.1. The van der Waals surface area contributed by atoms with Gasteiger partial charge in [-0.3, -0.25) is 4.79 Å². The van der Waals surface area contributed by atoms with Crippen LogP contribution < -0.4 is 4.74 Å². The number of carbonyl (C=O) groups is 1. The Bertz CT molecular complexity index is 540. The van der Waals surface area contributed by atoms with Crippen LogP contribution in [0.25, 0.3) is 0 Å². The number of rotatable bonds is 3. The minimum absolute atomic E-state index is 0.206. The number of ketones is 1. The van der Waals surface area contributed by atoms with E-state index >= 15 is 0 Å². The first-order valence-electron chi connectivity index (χ1n) is 4.87. The summed E-state index contributed by atoms with van der Waals surface area (Å²) in [7, 11) is 1.46. The highest BCUT2D eigenvalue weighted by Crippen LogP contribution is 2.17. The van der Waals surface area contributed by atoms with Gasteiger partial charge in [0.2, 0.25) is 11.7 Å². The number of carbonyl (C=O) groups excluding carboxylic acids is 1. The molecule has 2 aromatic rings. The van der Waals surface area contributed by atoms with Gasteiger partial charge in [0, 0.05) is 22.4 Å². The molecule has 0 amide bonds. The van der Waals surface area contributed by atoms with Crippen LogP contribution in [0.4, 0.5) is 0 Å². The average Bonchev–Trinajstić information content (AvgIpc) is 2.39. The summed E-state index contributed by atoms with van der Waals surface area (Å²) in [5, 5.41) is 0. The van der Waals surface area contributed by atoms with Gasteiger partial charge in [-0.25, -0.2) is 9.97 Å². The molecule has 5 heteroatoms. The van der Waals surface area contributed by atoms with Crippen molar-refractivity contribution in [2.24, 2.45) is 0 Å². The van der Waals surface area contributed by atoms with Crippen molar-refractivity contribution in [1.29, 1.82) is 0 Å². The summed E-state index contributed by atoms with van der Waals surface area (Å²) in [5.74, 6) is 0.0304. The van der Waals surface area contributed by atoms with Crippen molar-refractivity contribution in [1.82, 2.24) is 9.97 Å². The molecule has 1 aromatic carbocycles. The molecule has 4 nitrogen and oxygen atoms in total. The molecule has 0 spiro atoms. The molecular formula is C12H9BrN2O2. The molecule has 0 aliphatic carbocycles. The molecule has 1 heterocycles. The zero-order valence-corrected chi connectivity index (χ0v) is 10.6. The molecule has 0 unspecified atom stereocenters. The quantitative estimate of drug-likeness (QED) is 0.816. The van der Waals surface area contributed by atoms with E-state index in [1.165, 1.54) is 19.5 Å². The third-order valence-electron chi connectivity index (χ3n) is 2.18. The standard InChI is InChI=1S/C12H9BrN2O2/c1-17-12-10(14-6-7-15-12)11(16)8-2-4-9(13)5-3-8/h2-7H,1H3. The van der Waals surface area contributed by atoms with Crippen molar-refractivity contribution >= 4 is 21.7 Å². The summed E-state index contributed by atoms with van der Waals surface area (Å²) in [6.07, 6.45) is 2.95. The number of benzene rings is 1. The predicted molar refractivity (Wildman–Crippen MR) is 66.2 cm³/mol. The smallest absolute Gasteiger partial charge is 0.243 e. The van der Waals surface area contributed by atoms with Crippen LogP contribution in [0.2, 0.25) is 0 Å². The summed E-state index contributed by atoms with van der Waals surface area (Å²) in [5.41, 5.74) is 0.768. The maximum Gasteiger partial charge on any atom is 0.243 e. The Balaban J connectivity index is 2.40. The molecule has 0 saturated heterocycles. The summed E-state index contributed by atoms with van der Waals surface area (Å²) in [6.45, 7) is 0. The number of hydrogen-bond acceptors (Lipinski definition) is 4. The van der Waals surface area contributed by atoms with Crippen LogP contribution >= 0.6 is 15.9 Å². The van der Waals surface area contributed by atoms with Gasteiger partial charge in [-0.05, 0) is 24.3 Å². The predicted octanol–water partition coefficient (Wildman–Crippen LogP) is 2.48. The second-order valence-corrected chi connectivity index (χ2v) is 4.17. The molecule has 0 N–H and O–H groups in total. The van der Waals surface area contributed by atoms with Crippen molar-refractivity contribution in [3.63, 3.8) is 0 Å². The summed E-state index contributed by atoms with van der Waals surface area (Å²) in [6, 6.07) is 7.05. The first kappa shape index (κ1) is 11.7. The van der Waals surface area contributed by atoms with Gasteiger partial charge in [0.25, 0.3) is 0 Å². The lowest BCUT2D eigenvalue weighted by molar-refractivity contribution is 0.103. The Morgan fingerprint density at radius 2 is 1.82 bits per heavy atom. The molecule has 0 fully saturated rings. The molecule has 0 atom stereocenters. The van der Waals surface area contributed by atoms with E-state index in [0.717, 1.165) is 4.47 Å². The lowest BCUT2D eigenvalue weighted by Crippen LogP contribution is -2.07. The molecule has 0 radical (unpaired) electrons. The Morgan fingerprint density at radius 1 is 1.18 bits per heavy atom. The van der Waals surface area contributed by atoms with Crippen LogP contribution in [-0.2, 0) is 0 Å². The minimum Gasteiger partial charge on any atom is -0.479 e. The minimum atomic E-state index is -0.206. The third-order valence-corrected chi connectivity index (χ3v) is 2.71. The number of hydrogen-bond donors (Lipinski definition) is 0. The number of methoxy groups -OCH3 is 1. The SMILES string of the molecule is COc1nccnc1C(=O)c1ccc(Br)cc1. The topological polar surface area (TPSA) is 52.1 Å². The van der Waals surface area contributed by atoms with Gasteiger partial charge in [0.05, 0.1) is 7.11 Å². The normalized spacial score (nSPS) is 10.0. The first-order chi connectivity index (χ1) is 8.22. The van der Waals surface area contributed by atoms with E-state index in [-0.39, 0.29) is 17.4 Å². The zero-order valence-electron chi connectivity index (χ0n) is 9.05. The molecule has 86 valence electrons. The van der Waals surface area contributed by atoms with Crippen LogP contribution in [0.5, 0.6) is 5.88 Å². The number of ether oxygens (including phenoxy) is 1. The maximum absolute atomic E-state index is 12.1.